The molecule has 0 atom stereocenters. The summed E-state index contributed by atoms with van der Waals surface area (Å²) >= 11 is 0. The lowest BCUT2D eigenvalue weighted by Gasteiger charge is -2.10. The van der Waals surface area contributed by atoms with Crippen molar-refractivity contribution in [3.63, 3.8) is 0 Å². The van der Waals surface area contributed by atoms with E-state index in [-0.39, 0.29) is 19.8 Å². The molecule has 0 unspecified atom stereocenters. The molecule has 0 fully saturated rings. The van der Waals surface area contributed by atoms with E-state index in [9.17, 15) is 9.59 Å². The Balaban J connectivity index is 1.81. The largest absolute Gasteiger partial charge is 0.493 e. The fourth-order valence-electron chi connectivity index (χ4n) is 2.28. The summed E-state index contributed by atoms with van der Waals surface area (Å²) in [7, 11) is 1.47. The standard InChI is InChI=1S/C21H23NO6/c1-15-4-3-5-17(12-15)26-10-11-27-21(24)9-7-16-6-8-18(19(13-16)25-2)28-14-20(22)23/h3-9,12-13H,10-11,14H2,1-2H3,(H2,22,23)/b9-7+. The Hall–Kier alpha value is -3.48. The molecular formula is C21H23NO6. The summed E-state index contributed by atoms with van der Waals surface area (Å²) in [6.45, 7) is 2.13. The van der Waals surface area contributed by atoms with Gasteiger partial charge in [-0.1, -0.05) is 18.2 Å². The van der Waals surface area contributed by atoms with E-state index in [4.69, 9.17) is 24.7 Å². The molecule has 0 saturated carbocycles. The van der Waals surface area contributed by atoms with Crippen molar-refractivity contribution in [1.29, 1.82) is 0 Å². The first kappa shape index (κ1) is 20.8. The second-order valence-electron chi connectivity index (χ2n) is 5.83. The molecule has 1 amide bonds. The lowest BCUT2D eigenvalue weighted by atomic mass is 10.2. The molecule has 7 nitrogen and oxygen atoms in total. The van der Waals surface area contributed by atoms with Crippen LogP contribution in [0.4, 0.5) is 0 Å². The van der Waals surface area contributed by atoms with Gasteiger partial charge in [0.2, 0.25) is 0 Å². The van der Waals surface area contributed by atoms with E-state index in [0.717, 1.165) is 11.3 Å². The number of methoxy groups -OCH3 is 1. The maximum atomic E-state index is 11.8. The van der Waals surface area contributed by atoms with E-state index in [1.807, 2.05) is 31.2 Å². The first-order valence-electron chi connectivity index (χ1n) is 8.61. The number of primary amides is 1. The molecule has 28 heavy (non-hydrogen) atoms. The average Bonchev–Trinajstić information content (AvgIpc) is 2.68. The van der Waals surface area contributed by atoms with Gasteiger partial charge in [-0.25, -0.2) is 4.79 Å². The van der Waals surface area contributed by atoms with Gasteiger partial charge in [0.05, 0.1) is 7.11 Å². The van der Waals surface area contributed by atoms with Gasteiger partial charge in [-0.2, -0.15) is 0 Å². The van der Waals surface area contributed by atoms with Crippen LogP contribution < -0.4 is 19.9 Å². The van der Waals surface area contributed by atoms with Crippen LogP contribution in [0.1, 0.15) is 11.1 Å². The summed E-state index contributed by atoms with van der Waals surface area (Å²) in [6.07, 6.45) is 2.90. The van der Waals surface area contributed by atoms with Crippen LogP contribution in [0.5, 0.6) is 17.2 Å². The molecule has 0 bridgehead atoms. The zero-order valence-electron chi connectivity index (χ0n) is 15.8. The van der Waals surface area contributed by atoms with E-state index in [1.165, 1.54) is 13.2 Å². The second-order valence-corrected chi connectivity index (χ2v) is 5.83. The maximum absolute atomic E-state index is 11.8. The van der Waals surface area contributed by atoms with Crippen LogP contribution in [0, 0.1) is 6.92 Å². The number of hydrogen-bond donors (Lipinski definition) is 1. The number of amides is 1. The molecule has 0 saturated heterocycles. The van der Waals surface area contributed by atoms with E-state index < -0.39 is 11.9 Å². The Kier molecular flexibility index (Phi) is 7.90. The van der Waals surface area contributed by atoms with Crippen molar-refractivity contribution in [3.8, 4) is 17.2 Å². The molecule has 2 rings (SSSR count). The molecule has 7 heteroatoms. The molecule has 0 heterocycles. The third kappa shape index (κ3) is 7.03. The van der Waals surface area contributed by atoms with Crippen molar-refractivity contribution in [3.05, 3.63) is 59.7 Å². The topological polar surface area (TPSA) is 97.1 Å². The van der Waals surface area contributed by atoms with Crippen LogP contribution >= 0.6 is 0 Å². The summed E-state index contributed by atoms with van der Waals surface area (Å²) < 4.78 is 21.1. The van der Waals surface area contributed by atoms with Gasteiger partial charge in [0.1, 0.15) is 19.0 Å². The highest BCUT2D eigenvalue weighted by Crippen LogP contribution is 2.28. The Morgan fingerprint density at radius 3 is 2.57 bits per heavy atom. The minimum absolute atomic E-state index is 0.139. The van der Waals surface area contributed by atoms with Gasteiger partial charge in [0.25, 0.3) is 5.91 Å². The van der Waals surface area contributed by atoms with Crippen molar-refractivity contribution in [1.82, 2.24) is 0 Å². The number of carbonyl (C=O) groups excluding carboxylic acids is 2. The van der Waals surface area contributed by atoms with Crippen LogP contribution in [0.3, 0.4) is 0 Å². The van der Waals surface area contributed by atoms with Crippen molar-refractivity contribution in [2.45, 2.75) is 6.92 Å². The second kappa shape index (κ2) is 10.6. The van der Waals surface area contributed by atoms with Crippen LogP contribution in [0.25, 0.3) is 6.08 Å². The van der Waals surface area contributed by atoms with E-state index in [0.29, 0.717) is 17.1 Å². The average molecular weight is 385 g/mol. The van der Waals surface area contributed by atoms with Crippen molar-refractivity contribution in [2.75, 3.05) is 26.9 Å². The molecular weight excluding hydrogens is 362 g/mol. The van der Waals surface area contributed by atoms with Gasteiger partial charge in [-0.05, 0) is 48.4 Å². The Morgan fingerprint density at radius 1 is 1.04 bits per heavy atom. The van der Waals surface area contributed by atoms with E-state index in [2.05, 4.69) is 0 Å². The number of ether oxygens (including phenoxy) is 4. The monoisotopic (exact) mass is 385 g/mol. The predicted molar refractivity (Wildman–Crippen MR) is 104 cm³/mol. The van der Waals surface area contributed by atoms with Crippen LogP contribution in [-0.2, 0) is 14.3 Å². The van der Waals surface area contributed by atoms with E-state index in [1.54, 1.807) is 24.3 Å². The molecule has 0 spiro atoms. The highest BCUT2D eigenvalue weighted by atomic mass is 16.6. The minimum atomic E-state index is -0.583. The number of aryl methyl sites for hydroxylation is 1. The molecule has 2 aromatic carbocycles. The van der Waals surface area contributed by atoms with Gasteiger partial charge in [-0.15, -0.1) is 0 Å². The van der Waals surface area contributed by atoms with Gasteiger partial charge in [0, 0.05) is 6.08 Å². The van der Waals surface area contributed by atoms with Crippen molar-refractivity contribution < 1.29 is 28.5 Å². The molecule has 0 aromatic heterocycles. The predicted octanol–water partition coefficient (Wildman–Crippen LogP) is 2.50. The normalized spacial score (nSPS) is 10.5. The van der Waals surface area contributed by atoms with Crippen molar-refractivity contribution >= 4 is 18.0 Å². The molecule has 0 aliphatic carbocycles. The number of nitrogens with two attached hydrogens (primary N) is 1. The Morgan fingerprint density at radius 2 is 1.86 bits per heavy atom. The maximum Gasteiger partial charge on any atom is 0.330 e. The van der Waals surface area contributed by atoms with Gasteiger partial charge < -0.3 is 24.7 Å². The van der Waals surface area contributed by atoms with Gasteiger partial charge >= 0.3 is 5.97 Å². The van der Waals surface area contributed by atoms with Crippen LogP contribution in [0.2, 0.25) is 0 Å². The number of esters is 1. The summed E-state index contributed by atoms with van der Waals surface area (Å²) in [5.74, 6) is 0.469. The lowest BCUT2D eigenvalue weighted by Crippen LogP contribution is -2.20. The number of rotatable bonds is 10. The van der Waals surface area contributed by atoms with Gasteiger partial charge in [0.15, 0.2) is 18.1 Å². The molecule has 0 aliphatic heterocycles. The third-order valence-corrected chi connectivity index (χ3v) is 3.56. The summed E-state index contributed by atoms with van der Waals surface area (Å²) in [5, 5.41) is 0. The summed E-state index contributed by atoms with van der Waals surface area (Å²) in [5.41, 5.74) is 6.86. The Labute approximate surface area is 163 Å². The first-order chi connectivity index (χ1) is 13.5. The number of carbonyl (C=O) groups is 2. The van der Waals surface area contributed by atoms with Crippen molar-refractivity contribution in [2.24, 2.45) is 5.73 Å². The molecule has 0 aliphatic rings. The summed E-state index contributed by atoms with van der Waals surface area (Å²) in [6, 6.07) is 12.6. The Bertz CT molecular complexity index is 847. The smallest absolute Gasteiger partial charge is 0.330 e. The lowest BCUT2D eigenvalue weighted by molar-refractivity contribution is -0.138. The fraction of sp³-hybridized carbons (Fsp3) is 0.238. The molecule has 0 radical (unpaired) electrons. The highest BCUT2D eigenvalue weighted by molar-refractivity contribution is 5.87. The first-order valence-corrected chi connectivity index (χ1v) is 8.61. The molecule has 2 aromatic rings. The number of benzene rings is 2. The SMILES string of the molecule is COc1cc(/C=C/C(=O)OCCOc2cccc(C)c2)ccc1OCC(N)=O. The van der Waals surface area contributed by atoms with Gasteiger partial charge in [-0.3, -0.25) is 4.79 Å². The minimum Gasteiger partial charge on any atom is -0.493 e. The zero-order chi connectivity index (χ0) is 20.4. The fourth-order valence-corrected chi connectivity index (χ4v) is 2.28. The number of hydrogen-bond acceptors (Lipinski definition) is 6. The highest BCUT2D eigenvalue weighted by Gasteiger charge is 2.07. The zero-order valence-corrected chi connectivity index (χ0v) is 15.8. The molecule has 148 valence electrons. The van der Waals surface area contributed by atoms with Crippen LogP contribution in [-0.4, -0.2) is 38.8 Å². The quantitative estimate of drug-likeness (QED) is 0.383. The summed E-state index contributed by atoms with van der Waals surface area (Å²) in [4.78, 5) is 22.6. The molecule has 2 N–H and O–H groups in total. The third-order valence-electron chi connectivity index (χ3n) is 3.56. The van der Waals surface area contributed by atoms with E-state index >= 15 is 0 Å². The van der Waals surface area contributed by atoms with Crippen LogP contribution in [0.15, 0.2) is 48.5 Å².